The van der Waals surface area contributed by atoms with Gasteiger partial charge in [0.25, 0.3) is 11.5 Å². The van der Waals surface area contributed by atoms with Crippen LogP contribution < -0.4 is 5.56 Å². The zero-order chi connectivity index (χ0) is 21.3. The molecule has 0 saturated carbocycles. The molecule has 6 nitrogen and oxygen atoms in total. The predicted octanol–water partition coefficient (Wildman–Crippen LogP) is 3.16. The Morgan fingerprint density at radius 1 is 1.20 bits per heavy atom. The van der Waals surface area contributed by atoms with Crippen LogP contribution in [0.5, 0.6) is 0 Å². The van der Waals surface area contributed by atoms with Gasteiger partial charge in [-0.05, 0) is 56.0 Å². The Balaban J connectivity index is 1.37. The zero-order valence-electron chi connectivity index (χ0n) is 18.0. The highest BCUT2D eigenvalue weighted by Crippen LogP contribution is 2.22. The van der Waals surface area contributed by atoms with E-state index in [2.05, 4.69) is 41.1 Å². The van der Waals surface area contributed by atoms with Gasteiger partial charge in [-0.2, -0.15) is 0 Å². The minimum Gasteiger partial charge on any atom is -0.357 e. The third kappa shape index (κ3) is 4.05. The predicted molar refractivity (Wildman–Crippen MR) is 120 cm³/mol. The maximum Gasteiger partial charge on any atom is 0.274 e. The molecule has 1 aliphatic rings. The number of pyridine rings is 1. The Kier molecular flexibility index (Phi) is 5.77. The fourth-order valence-corrected chi connectivity index (χ4v) is 4.47. The first kappa shape index (κ1) is 20.4. The summed E-state index contributed by atoms with van der Waals surface area (Å²) >= 11 is 0. The fourth-order valence-electron chi connectivity index (χ4n) is 4.47. The maximum absolute atomic E-state index is 13.1. The van der Waals surface area contributed by atoms with Crippen molar-refractivity contribution in [1.82, 2.24) is 19.4 Å². The number of aryl methyl sites for hydroxylation is 2. The Labute approximate surface area is 177 Å². The molecule has 4 rings (SSSR count). The topological polar surface area (TPSA) is 61.3 Å². The molecule has 3 heterocycles. The van der Waals surface area contributed by atoms with Gasteiger partial charge in [-0.3, -0.25) is 14.5 Å². The van der Waals surface area contributed by atoms with Crippen molar-refractivity contribution in [3.63, 3.8) is 0 Å². The number of aromatic amines is 1. The summed E-state index contributed by atoms with van der Waals surface area (Å²) < 4.78 is 1.48. The van der Waals surface area contributed by atoms with Crippen LogP contribution in [0, 0.1) is 12.8 Å². The monoisotopic (exact) mass is 406 g/mol. The van der Waals surface area contributed by atoms with Gasteiger partial charge in [-0.25, -0.2) is 0 Å². The molecule has 1 aromatic carbocycles. The smallest absolute Gasteiger partial charge is 0.274 e. The number of hydrogen-bond donors (Lipinski definition) is 1. The highest BCUT2D eigenvalue weighted by molar-refractivity contribution is 6.05. The molecule has 0 unspecified atom stereocenters. The second-order valence-electron chi connectivity index (χ2n) is 8.56. The van der Waals surface area contributed by atoms with Crippen LogP contribution in [0.25, 0.3) is 10.9 Å². The number of hydrogen-bond acceptors (Lipinski definition) is 3. The van der Waals surface area contributed by atoms with Gasteiger partial charge in [0.15, 0.2) is 0 Å². The van der Waals surface area contributed by atoms with Gasteiger partial charge in [0.1, 0.15) is 5.52 Å². The highest BCUT2D eigenvalue weighted by Gasteiger charge is 2.24. The van der Waals surface area contributed by atoms with Crippen molar-refractivity contribution in [3.8, 4) is 0 Å². The fraction of sp³-hybridized carbons (Fsp3) is 0.417. The number of benzene rings is 1. The largest absolute Gasteiger partial charge is 0.357 e. The lowest BCUT2D eigenvalue weighted by Crippen LogP contribution is -2.39. The minimum absolute atomic E-state index is 0.0301. The number of amides is 1. The summed E-state index contributed by atoms with van der Waals surface area (Å²) in [6.07, 6.45) is 5.56. The number of H-pyrrole nitrogens is 1. The van der Waals surface area contributed by atoms with Crippen LogP contribution in [-0.2, 0) is 13.6 Å². The first-order chi connectivity index (χ1) is 14.4. The Bertz CT molecular complexity index is 1110. The lowest BCUT2D eigenvalue weighted by Gasteiger charge is -2.34. The summed E-state index contributed by atoms with van der Waals surface area (Å²) in [6.45, 7) is 6.03. The summed E-state index contributed by atoms with van der Waals surface area (Å²) in [5.41, 5.74) is 3.69. The number of aromatic nitrogens is 2. The number of piperidine rings is 1. The maximum atomic E-state index is 13.1. The van der Waals surface area contributed by atoms with Crippen molar-refractivity contribution in [1.29, 1.82) is 0 Å². The third-order valence-corrected chi connectivity index (χ3v) is 6.37. The Morgan fingerprint density at radius 2 is 1.93 bits per heavy atom. The van der Waals surface area contributed by atoms with Crippen LogP contribution in [0.3, 0.4) is 0 Å². The molecular weight excluding hydrogens is 376 g/mol. The van der Waals surface area contributed by atoms with E-state index >= 15 is 0 Å². The minimum atomic E-state index is -0.116. The summed E-state index contributed by atoms with van der Waals surface area (Å²) in [4.78, 5) is 32.6. The van der Waals surface area contributed by atoms with Crippen molar-refractivity contribution >= 4 is 16.8 Å². The number of likely N-dealkylation sites (tertiary alicyclic amines) is 1. The van der Waals surface area contributed by atoms with Crippen LogP contribution in [0.1, 0.15) is 34.3 Å². The molecule has 1 fully saturated rings. The van der Waals surface area contributed by atoms with E-state index in [0.717, 1.165) is 39.0 Å². The first-order valence-corrected chi connectivity index (χ1v) is 10.6. The molecule has 3 aromatic rings. The van der Waals surface area contributed by atoms with Crippen molar-refractivity contribution in [2.45, 2.75) is 26.3 Å². The summed E-state index contributed by atoms with van der Waals surface area (Å²) in [5, 5.41) is 0.697. The summed E-state index contributed by atoms with van der Waals surface area (Å²) in [7, 11) is 3.55. The Hall–Kier alpha value is -2.86. The highest BCUT2D eigenvalue weighted by atomic mass is 16.2. The molecule has 0 spiro atoms. The first-order valence-electron chi connectivity index (χ1n) is 10.6. The molecule has 0 aliphatic carbocycles. The van der Waals surface area contributed by atoms with Crippen LogP contribution in [0.4, 0.5) is 0 Å². The van der Waals surface area contributed by atoms with Crippen LogP contribution in [-0.4, -0.2) is 51.9 Å². The van der Waals surface area contributed by atoms with Gasteiger partial charge in [0.2, 0.25) is 0 Å². The number of carbonyl (C=O) groups excluding carboxylic acids is 1. The van der Waals surface area contributed by atoms with Crippen molar-refractivity contribution in [3.05, 3.63) is 69.8 Å². The van der Waals surface area contributed by atoms with E-state index in [0.29, 0.717) is 22.4 Å². The van der Waals surface area contributed by atoms with Crippen LogP contribution >= 0.6 is 0 Å². The zero-order valence-corrected chi connectivity index (χ0v) is 18.0. The number of rotatable bonds is 5. The molecule has 1 aliphatic heterocycles. The molecule has 0 atom stereocenters. The van der Waals surface area contributed by atoms with E-state index in [1.54, 1.807) is 19.4 Å². The van der Waals surface area contributed by atoms with Crippen LogP contribution in [0.2, 0.25) is 0 Å². The molecular formula is C24H30N4O2. The second kappa shape index (κ2) is 8.48. The number of nitrogens with one attached hydrogen (secondary N) is 1. The van der Waals surface area contributed by atoms with E-state index in [9.17, 15) is 9.59 Å². The van der Waals surface area contributed by atoms with Crippen molar-refractivity contribution in [2.24, 2.45) is 13.0 Å². The van der Waals surface area contributed by atoms with Gasteiger partial charge in [0.05, 0.1) is 5.56 Å². The molecule has 1 N–H and O–H groups in total. The van der Waals surface area contributed by atoms with E-state index in [1.807, 2.05) is 18.0 Å². The lowest BCUT2D eigenvalue weighted by atomic mass is 9.95. The van der Waals surface area contributed by atoms with Gasteiger partial charge in [-0.15, -0.1) is 0 Å². The van der Waals surface area contributed by atoms with E-state index < -0.39 is 0 Å². The summed E-state index contributed by atoms with van der Waals surface area (Å²) in [5.74, 6) is 0.471. The van der Waals surface area contributed by atoms with E-state index in [1.165, 1.54) is 15.7 Å². The Morgan fingerprint density at radius 3 is 2.67 bits per heavy atom. The molecule has 158 valence electrons. The molecule has 0 bridgehead atoms. The van der Waals surface area contributed by atoms with Crippen molar-refractivity contribution in [2.75, 3.05) is 26.7 Å². The number of fused-ring (bicyclic) bond motifs is 1. The van der Waals surface area contributed by atoms with E-state index in [-0.39, 0.29) is 11.5 Å². The SMILES string of the molecule is Cc1ccccc1CN1CCC(CN(C)C(=O)c2cn(C)c(=O)c3[nH]ccc23)CC1. The van der Waals surface area contributed by atoms with Gasteiger partial charge >= 0.3 is 0 Å². The number of nitrogens with zero attached hydrogens (tertiary/aromatic N) is 3. The standard InChI is InChI=1S/C24H30N4O2/c1-17-6-4-5-7-19(17)15-28-12-9-18(10-13-28)14-26(2)23(29)21-16-27(3)24(30)22-20(21)8-11-25-22/h4-8,11,16,18,25H,9-10,12-15H2,1-3H3. The average molecular weight is 407 g/mol. The number of carbonyl (C=O) groups is 1. The molecule has 2 aromatic heterocycles. The quantitative estimate of drug-likeness (QED) is 0.708. The second-order valence-corrected chi connectivity index (χ2v) is 8.56. The molecule has 0 radical (unpaired) electrons. The van der Waals surface area contributed by atoms with Crippen molar-refractivity contribution < 1.29 is 4.79 Å². The molecule has 1 saturated heterocycles. The normalized spacial score (nSPS) is 15.6. The van der Waals surface area contributed by atoms with E-state index in [4.69, 9.17) is 0 Å². The average Bonchev–Trinajstić information content (AvgIpc) is 3.23. The van der Waals surface area contributed by atoms with Gasteiger partial charge in [0, 0.05) is 45.0 Å². The van der Waals surface area contributed by atoms with Crippen LogP contribution in [0.15, 0.2) is 47.5 Å². The van der Waals surface area contributed by atoms with Gasteiger partial charge in [-0.1, -0.05) is 24.3 Å². The molecule has 6 heteroatoms. The van der Waals surface area contributed by atoms with Gasteiger partial charge < -0.3 is 14.5 Å². The lowest BCUT2D eigenvalue weighted by molar-refractivity contribution is 0.0738. The molecule has 1 amide bonds. The third-order valence-electron chi connectivity index (χ3n) is 6.37. The molecule has 30 heavy (non-hydrogen) atoms. The summed E-state index contributed by atoms with van der Waals surface area (Å²) in [6, 6.07) is 10.4.